The van der Waals surface area contributed by atoms with Crippen molar-refractivity contribution < 1.29 is 9.59 Å². The SMILES string of the molecule is CC(C)(C(=O)NC(N)=O)C(I)CCCI. The number of nitrogens with one attached hydrogen (secondary N) is 1. The van der Waals surface area contributed by atoms with Crippen molar-refractivity contribution in [2.45, 2.75) is 30.6 Å². The molecule has 4 nitrogen and oxygen atoms in total. The molecule has 0 radical (unpaired) electrons. The minimum absolute atomic E-state index is 0.198. The molecule has 1 unspecified atom stereocenters. The maximum Gasteiger partial charge on any atom is 0.318 e. The van der Waals surface area contributed by atoms with Gasteiger partial charge in [0.1, 0.15) is 0 Å². The summed E-state index contributed by atoms with van der Waals surface area (Å²) >= 11 is 4.56. The number of halogens is 2. The van der Waals surface area contributed by atoms with Gasteiger partial charge in [-0.15, -0.1) is 0 Å². The fraction of sp³-hybridized carbons (Fsp3) is 0.778. The number of hydrogen-bond donors (Lipinski definition) is 2. The van der Waals surface area contributed by atoms with Gasteiger partial charge in [-0.2, -0.15) is 0 Å². The third-order valence-corrected chi connectivity index (χ3v) is 5.14. The summed E-state index contributed by atoms with van der Waals surface area (Å²) in [6.45, 7) is 3.66. The second-order valence-corrected chi connectivity index (χ2v) is 6.42. The molecule has 1 atom stereocenters. The molecule has 0 saturated carbocycles. The smallest absolute Gasteiger partial charge is 0.318 e. The number of urea groups is 1. The maximum absolute atomic E-state index is 11.7. The maximum atomic E-state index is 11.7. The van der Waals surface area contributed by atoms with E-state index in [0.29, 0.717) is 0 Å². The molecule has 0 bridgehead atoms. The Balaban J connectivity index is 4.36. The number of carbonyl (C=O) groups is 2. The van der Waals surface area contributed by atoms with Crippen LogP contribution >= 0.6 is 45.2 Å². The summed E-state index contributed by atoms with van der Waals surface area (Å²) in [5.74, 6) is -0.303. The van der Waals surface area contributed by atoms with Crippen LogP contribution in [0.3, 0.4) is 0 Å². The standard InChI is InChI=1S/C9H16I2N2O2/c1-9(2,6(11)4-3-5-10)7(14)13-8(12)15/h6H,3-5H2,1-2H3,(H3,12,13,14,15). The Morgan fingerprint density at radius 2 is 2.00 bits per heavy atom. The number of carbonyl (C=O) groups excluding carboxylic acids is 2. The quantitative estimate of drug-likeness (QED) is 0.511. The molecule has 3 amide bonds. The third-order valence-electron chi connectivity index (χ3n) is 2.20. The molecule has 3 N–H and O–H groups in total. The minimum atomic E-state index is -0.787. The topological polar surface area (TPSA) is 72.2 Å². The largest absolute Gasteiger partial charge is 0.351 e. The Morgan fingerprint density at radius 1 is 1.47 bits per heavy atom. The normalized spacial score (nSPS) is 13.3. The van der Waals surface area contributed by atoms with Gasteiger partial charge in [0, 0.05) is 3.92 Å². The van der Waals surface area contributed by atoms with Gasteiger partial charge in [0.15, 0.2) is 0 Å². The van der Waals surface area contributed by atoms with Crippen molar-refractivity contribution in [2.24, 2.45) is 11.1 Å². The van der Waals surface area contributed by atoms with Gasteiger partial charge >= 0.3 is 6.03 Å². The highest BCUT2D eigenvalue weighted by molar-refractivity contribution is 14.1. The van der Waals surface area contributed by atoms with Crippen LogP contribution in [0.2, 0.25) is 0 Å². The molecule has 0 spiro atoms. The summed E-state index contributed by atoms with van der Waals surface area (Å²) in [6.07, 6.45) is 2.03. The highest BCUT2D eigenvalue weighted by Crippen LogP contribution is 2.31. The lowest BCUT2D eigenvalue weighted by Crippen LogP contribution is -2.46. The Hall–Kier alpha value is 0.400. The van der Waals surface area contributed by atoms with E-state index < -0.39 is 11.4 Å². The van der Waals surface area contributed by atoms with E-state index in [4.69, 9.17) is 5.73 Å². The van der Waals surface area contributed by atoms with E-state index in [1.807, 2.05) is 13.8 Å². The molecule has 0 aliphatic heterocycles. The summed E-state index contributed by atoms with van der Waals surface area (Å²) in [5, 5.41) is 2.13. The summed E-state index contributed by atoms with van der Waals surface area (Å²) < 4.78 is 1.27. The number of amides is 3. The highest BCUT2D eigenvalue weighted by Gasteiger charge is 2.35. The third kappa shape index (κ3) is 5.32. The average molecular weight is 438 g/mol. The Bertz CT molecular complexity index is 244. The van der Waals surface area contributed by atoms with Crippen LogP contribution in [0.25, 0.3) is 0 Å². The van der Waals surface area contributed by atoms with Crippen LogP contribution in [0.5, 0.6) is 0 Å². The lowest BCUT2D eigenvalue weighted by Gasteiger charge is -2.28. The van der Waals surface area contributed by atoms with Crippen molar-refractivity contribution in [1.82, 2.24) is 5.32 Å². The first kappa shape index (κ1) is 15.4. The van der Waals surface area contributed by atoms with E-state index in [1.54, 1.807) is 0 Å². The fourth-order valence-corrected chi connectivity index (χ4v) is 2.20. The molecule has 0 aromatic heterocycles. The van der Waals surface area contributed by atoms with Gasteiger partial charge in [-0.05, 0) is 31.1 Å². The van der Waals surface area contributed by atoms with Gasteiger partial charge in [-0.3, -0.25) is 10.1 Å². The van der Waals surface area contributed by atoms with Crippen molar-refractivity contribution >= 4 is 57.1 Å². The first-order chi connectivity index (χ1) is 6.82. The van der Waals surface area contributed by atoms with Gasteiger partial charge in [0.05, 0.1) is 5.41 Å². The summed E-state index contributed by atoms with van der Waals surface area (Å²) in [4.78, 5) is 22.2. The molecule has 0 fully saturated rings. The predicted molar refractivity (Wildman–Crippen MR) is 77.4 cm³/mol. The van der Waals surface area contributed by atoms with Crippen LogP contribution in [0.4, 0.5) is 4.79 Å². The van der Waals surface area contributed by atoms with E-state index in [2.05, 4.69) is 50.5 Å². The monoisotopic (exact) mass is 438 g/mol. The lowest BCUT2D eigenvalue weighted by atomic mass is 9.86. The van der Waals surface area contributed by atoms with Gasteiger partial charge < -0.3 is 5.73 Å². The summed E-state index contributed by atoms with van der Waals surface area (Å²) in [7, 11) is 0. The zero-order chi connectivity index (χ0) is 12.1. The lowest BCUT2D eigenvalue weighted by molar-refractivity contribution is -0.127. The number of primary amides is 1. The molecule has 88 valence electrons. The molecule has 0 saturated heterocycles. The first-order valence-corrected chi connectivity index (χ1v) is 7.40. The van der Waals surface area contributed by atoms with Crippen molar-refractivity contribution in [3.05, 3.63) is 0 Å². The second-order valence-electron chi connectivity index (χ2n) is 3.84. The van der Waals surface area contributed by atoms with E-state index in [-0.39, 0.29) is 9.83 Å². The van der Waals surface area contributed by atoms with E-state index in [0.717, 1.165) is 17.3 Å². The highest BCUT2D eigenvalue weighted by atomic mass is 127. The molecule has 6 heteroatoms. The van der Waals surface area contributed by atoms with Crippen molar-refractivity contribution in [2.75, 3.05) is 4.43 Å². The number of hydrogen-bond acceptors (Lipinski definition) is 2. The van der Waals surface area contributed by atoms with E-state index in [9.17, 15) is 9.59 Å². The van der Waals surface area contributed by atoms with Crippen molar-refractivity contribution in [3.8, 4) is 0 Å². The molecular weight excluding hydrogens is 422 g/mol. The molecule has 15 heavy (non-hydrogen) atoms. The Kier molecular flexibility index (Phi) is 7.05. The van der Waals surface area contributed by atoms with Gasteiger partial charge in [-0.25, -0.2) is 4.79 Å². The van der Waals surface area contributed by atoms with Crippen LogP contribution in [-0.4, -0.2) is 20.3 Å². The minimum Gasteiger partial charge on any atom is -0.351 e. The van der Waals surface area contributed by atoms with E-state index >= 15 is 0 Å². The molecule has 0 aromatic carbocycles. The van der Waals surface area contributed by atoms with Crippen LogP contribution in [-0.2, 0) is 4.79 Å². The van der Waals surface area contributed by atoms with Crippen LogP contribution in [0.1, 0.15) is 26.7 Å². The zero-order valence-electron chi connectivity index (χ0n) is 8.85. The number of imide groups is 1. The number of nitrogens with two attached hydrogens (primary N) is 1. The average Bonchev–Trinajstić information content (AvgIpc) is 2.12. The van der Waals surface area contributed by atoms with Crippen molar-refractivity contribution in [1.29, 1.82) is 0 Å². The van der Waals surface area contributed by atoms with Crippen LogP contribution in [0.15, 0.2) is 0 Å². The van der Waals surface area contributed by atoms with Crippen LogP contribution < -0.4 is 11.1 Å². The zero-order valence-corrected chi connectivity index (χ0v) is 13.2. The molecule has 0 aromatic rings. The van der Waals surface area contributed by atoms with Crippen molar-refractivity contribution in [3.63, 3.8) is 0 Å². The predicted octanol–water partition coefficient (Wildman–Crippen LogP) is 2.23. The summed E-state index contributed by atoms with van der Waals surface area (Å²) in [6, 6.07) is -0.787. The Morgan fingerprint density at radius 3 is 2.40 bits per heavy atom. The summed E-state index contributed by atoms with van der Waals surface area (Å²) in [5.41, 5.74) is 4.35. The Labute approximate surface area is 117 Å². The van der Waals surface area contributed by atoms with Gasteiger partial charge in [-0.1, -0.05) is 45.2 Å². The fourth-order valence-electron chi connectivity index (χ4n) is 1.03. The second kappa shape index (κ2) is 6.87. The molecule has 0 heterocycles. The van der Waals surface area contributed by atoms with E-state index in [1.165, 1.54) is 0 Å². The van der Waals surface area contributed by atoms with Crippen LogP contribution in [0, 0.1) is 5.41 Å². The number of alkyl halides is 2. The molecule has 0 aliphatic carbocycles. The molecular formula is C9H16I2N2O2. The number of rotatable bonds is 5. The van der Waals surface area contributed by atoms with Gasteiger partial charge in [0.2, 0.25) is 5.91 Å². The molecule has 0 aliphatic rings. The van der Waals surface area contributed by atoms with Gasteiger partial charge in [0.25, 0.3) is 0 Å². The first-order valence-electron chi connectivity index (χ1n) is 4.63. The molecule has 0 rings (SSSR count).